The lowest BCUT2D eigenvalue weighted by Gasteiger charge is -2.05. The van der Waals surface area contributed by atoms with Gasteiger partial charge in [-0.15, -0.1) is 0 Å². The number of ether oxygens (including phenoxy) is 1. The Hall–Kier alpha value is -0.820. The van der Waals surface area contributed by atoms with Gasteiger partial charge in [0.15, 0.2) is 0 Å². The largest absolute Gasteiger partial charge is 0.377 e. The molecule has 2 rings (SSSR count). The van der Waals surface area contributed by atoms with Crippen molar-refractivity contribution >= 4 is 0 Å². The molecular formula is C14H20O. The van der Waals surface area contributed by atoms with Crippen LogP contribution >= 0.6 is 0 Å². The maximum atomic E-state index is 5.66. The Morgan fingerprint density at radius 2 is 1.93 bits per heavy atom. The third kappa shape index (κ3) is 3.07. The summed E-state index contributed by atoms with van der Waals surface area (Å²) in [5.41, 5.74) is 1.86. The fourth-order valence-corrected chi connectivity index (χ4v) is 2.06. The van der Waals surface area contributed by atoms with Crippen LogP contribution in [-0.2, 0) is 11.3 Å². The van der Waals surface area contributed by atoms with Crippen LogP contribution in [0.2, 0.25) is 0 Å². The van der Waals surface area contributed by atoms with Gasteiger partial charge in [-0.05, 0) is 29.7 Å². The first-order valence-corrected chi connectivity index (χ1v) is 5.80. The lowest BCUT2D eigenvalue weighted by Crippen LogP contribution is -1.99. The van der Waals surface area contributed by atoms with Gasteiger partial charge in [-0.2, -0.15) is 0 Å². The highest BCUT2D eigenvalue weighted by molar-refractivity contribution is 5.13. The lowest BCUT2D eigenvalue weighted by molar-refractivity contribution is 0.112. The smallest absolute Gasteiger partial charge is 0.0716 e. The van der Waals surface area contributed by atoms with Crippen molar-refractivity contribution in [1.82, 2.24) is 0 Å². The summed E-state index contributed by atoms with van der Waals surface area (Å²) in [6, 6.07) is 10.4. The minimum absolute atomic E-state index is 0.593. The molecule has 82 valence electrons. The molecule has 1 aromatic carbocycles. The van der Waals surface area contributed by atoms with Gasteiger partial charge in [-0.25, -0.2) is 0 Å². The Labute approximate surface area is 92.5 Å². The van der Waals surface area contributed by atoms with E-state index in [2.05, 4.69) is 38.1 Å². The Kier molecular flexibility index (Phi) is 3.11. The summed E-state index contributed by atoms with van der Waals surface area (Å²) in [5.74, 6) is 0.897. The van der Waals surface area contributed by atoms with E-state index in [-0.39, 0.29) is 0 Å². The van der Waals surface area contributed by atoms with Gasteiger partial charge in [0.05, 0.1) is 6.61 Å². The highest BCUT2D eigenvalue weighted by atomic mass is 16.5. The predicted octanol–water partition coefficient (Wildman–Crippen LogP) is 3.64. The van der Waals surface area contributed by atoms with Gasteiger partial charge in [0.1, 0.15) is 0 Å². The van der Waals surface area contributed by atoms with E-state index in [9.17, 15) is 0 Å². The quantitative estimate of drug-likeness (QED) is 0.665. The van der Waals surface area contributed by atoms with E-state index in [4.69, 9.17) is 4.74 Å². The Morgan fingerprint density at radius 3 is 2.53 bits per heavy atom. The van der Waals surface area contributed by atoms with Gasteiger partial charge >= 0.3 is 0 Å². The Balaban J connectivity index is 1.60. The first-order valence-electron chi connectivity index (χ1n) is 5.80. The predicted molar refractivity (Wildman–Crippen MR) is 62.6 cm³/mol. The van der Waals surface area contributed by atoms with E-state index in [1.807, 2.05) is 6.07 Å². The second-order valence-corrected chi connectivity index (χ2v) is 5.22. The van der Waals surface area contributed by atoms with Crippen LogP contribution in [-0.4, -0.2) is 6.61 Å². The molecule has 0 spiro atoms. The monoisotopic (exact) mass is 204 g/mol. The van der Waals surface area contributed by atoms with E-state index < -0.39 is 0 Å². The molecule has 1 aliphatic rings. The first-order chi connectivity index (χ1) is 7.18. The summed E-state index contributed by atoms with van der Waals surface area (Å²) in [6.07, 6.45) is 2.60. The zero-order valence-electron chi connectivity index (χ0n) is 9.70. The van der Waals surface area contributed by atoms with Gasteiger partial charge in [-0.3, -0.25) is 0 Å². The summed E-state index contributed by atoms with van der Waals surface area (Å²) in [7, 11) is 0. The molecule has 1 aliphatic carbocycles. The topological polar surface area (TPSA) is 9.23 Å². The van der Waals surface area contributed by atoms with Crippen LogP contribution in [0.5, 0.6) is 0 Å². The molecule has 0 N–H and O–H groups in total. The molecule has 0 saturated heterocycles. The fraction of sp³-hybridized carbons (Fsp3) is 0.571. The molecule has 0 amide bonds. The van der Waals surface area contributed by atoms with Gasteiger partial charge in [0, 0.05) is 6.61 Å². The van der Waals surface area contributed by atoms with Crippen LogP contribution in [0.15, 0.2) is 30.3 Å². The molecule has 0 aliphatic heterocycles. The van der Waals surface area contributed by atoms with Crippen LogP contribution in [0.3, 0.4) is 0 Å². The van der Waals surface area contributed by atoms with E-state index in [0.717, 1.165) is 19.1 Å². The molecule has 1 aromatic rings. The summed E-state index contributed by atoms with van der Waals surface area (Å²) in [6.45, 7) is 6.35. The highest BCUT2D eigenvalue weighted by Crippen LogP contribution is 2.53. The molecule has 1 saturated carbocycles. The van der Waals surface area contributed by atoms with Crippen molar-refractivity contribution in [2.45, 2.75) is 33.3 Å². The third-order valence-electron chi connectivity index (χ3n) is 3.44. The van der Waals surface area contributed by atoms with Gasteiger partial charge in [0.2, 0.25) is 0 Å². The summed E-state index contributed by atoms with van der Waals surface area (Å²) in [4.78, 5) is 0. The average Bonchev–Trinajstić information content (AvgIpc) is 2.83. The van der Waals surface area contributed by atoms with Crippen molar-refractivity contribution in [3.8, 4) is 0 Å². The molecule has 0 radical (unpaired) electrons. The minimum Gasteiger partial charge on any atom is -0.377 e. The molecule has 1 unspecified atom stereocenters. The van der Waals surface area contributed by atoms with Crippen molar-refractivity contribution in [2.75, 3.05) is 6.61 Å². The van der Waals surface area contributed by atoms with Crippen LogP contribution in [0.1, 0.15) is 32.3 Å². The maximum absolute atomic E-state index is 5.66. The van der Waals surface area contributed by atoms with Crippen LogP contribution in [0.25, 0.3) is 0 Å². The normalized spacial score (nSPS) is 22.7. The SMILES string of the molecule is CC1(C)CC1CCOCc1ccccc1. The zero-order valence-corrected chi connectivity index (χ0v) is 9.70. The maximum Gasteiger partial charge on any atom is 0.0716 e. The van der Waals surface area contributed by atoms with Gasteiger partial charge in [0.25, 0.3) is 0 Å². The van der Waals surface area contributed by atoms with Crippen molar-refractivity contribution in [2.24, 2.45) is 11.3 Å². The molecular weight excluding hydrogens is 184 g/mol. The van der Waals surface area contributed by atoms with Gasteiger partial charge in [-0.1, -0.05) is 44.2 Å². The zero-order chi connectivity index (χ0) is 10.7. The molecule has 0 bridgehead atoms. The standard InChI is InChI=1S/C14H20O/c1-14(2)10-13(14)8-9-15-11-12-6-4-3-5-7-12/h3-7,13H,8-11H2,1-2H3. The number of hydrogen-bond donors (Lipinski definition) is 0. The van der Waals surface area contributed by atoms with E-state index in [1.165, 1.54) is 18.4 Å². The molecule has 0 aromatic heterocycles. The van der Waals surface area contributed by atoms with E-state index in [1.54, 1.807) is 0 Å². The Morgan fingerprint density at radius 1 is 1.27 bits per heavy atom. The lowest BCUT2D eigenvalue weighted by atomic mass is 10.1. The van der Waals surface area contributed by atoms with Crippen molar-refractivity contribution in [3.63, 3.8) is 0 Å². The van der Waals surface area contributed by atoms with Crippen LogP contribution in [0.4, 0.5) is 0 Å². The van der Waals surface area contributed by atoms with Gasteiger partial charge < -0.3 is 4.74 Å². The van der Waals surface area contributed by atoms with E-state index in [0.29, 0.717) is 5.41 Å². The number of rotatable bonds is 5. The van der Waals surface area contributed by atoms with Crippen LogP contribution < -0.4 is 0 Å². The number of hydrogen-bond acceptors (Lipinski definition) is 1. The summed E-state index contributed by atoms with van der Waals surface area (Å²) < 4.78 is 5.66. The second kappa shape index (κ2) is 4.36. The van der Waals surface area contributed by atoms with Crippen LogP contribution in [0, 0.1) is 11.3 Å². The molecule has 1 nitrogen and oxygen atoms in total. The van der Waals surface area contributed by atoms with Crippen molar-refractivity contribution in [1.29, 1.82) is 0 Å². The molecule has 1 atom stereocenters. The molecule has 15 heavy (non-hydrogen) atoms. The minimum atomic E-state index is 0.593. The first kappa shape index (κ1) is 10.7. The van der Waals surface area contributed by atoms with Crippen molar-refractivity contribution < 1.29 is 4.74 Å². The summed E-state index contributed by atoms with van der Waals surface area (Å²) >= 11 is 0. The van der Waals surface area contributed by atoms with E-state index >= 15 is 0 Å². The molecule has 1 fully saturated rings. The fourth-order valence-electron chi connectivity index (χ4n) is 2.06. The average molecular weight is 204 g/mol. The molecule has 1 heteroatoms. The van der Waals surface area contributed by atoms with Crippen molar-refractivity contribution in [3.05, 3.63) is 35.9 Å². The Bertz CT molecular complexity index is 302. The second-order valence-electron chi connectivity index (χ2n) is 5.22. The molecule has 0 heterocycles. The number of benzene rings is 1. The third-order valence-corrected chi connectivity index (χ3v) is 3.44. The highest BCUT2D eigenvalue weighted by Gasteiger charge is 2.44. The summed E-state index contributed by atoms with van der Waals surface area (Å²) in [5, 5.41) is 0.